The standard InChI is InChI=1S/C17H23N3O/c1-11-2-3-15(10-18-11)19-16(21)20-17-7-12-4-13(8-17)6-14(5-12)9-17/h2-3,10,12-14H,4-9H2,1H3,(H2,19,20,21). The summed E-state index contributed by atoms with van der Waals surface area (Å²) in [4.78, 5) is 16.5. The third-order valence-electron chi connectivity index (χ3n) is 5.59. The molecule has 1 aromatic rings. The monoisotopic (exact) mass is 285 g/mol. The number of rotatable bonds is 2. The second-order valence-electron chi connectivity index (χ2n) is 7.47. The van der Waals surface area contributed by atoms with Crippen LogP contribution in [0.4, 0.5) is 10.5 Å². The van der Waals surface area contributed by atoms with E-state index in [0.29, 0.717) is 0 Å². The van der Waals surface area contributed by atoms with Gasteiger partial charge in [0.15, 0.2) is 0 Å². The van der Waals surface area contributed by atoms with Crippen LogP contribution in [0, 0.1) is 24.7 Å². The summed E-state index contributed by atoms with van der Waals surface area (Å²) in [5, 5.41) is 6.24. The molecule has 4 bridgehead atoms. The van der Waals surface area contributed by atoms with E-state index in [1.807, 2.05) is 19.1 Å². The van der Waals surface area contributed by atoms with Crippen molar-refractivity contribution in [1.82, 2.24) is 10.3 Å². The van der Waals surface area contributed by atoms with Gasteiger partial charge >= 0.3 is 6.03 Å². The molecule has 0 radical (unpaired) electrons. The van der Waals surface area contributed by atoms with Crippen molar-refractivity contribution in [2.75, 3.05) is 5.32 Å². The molecule has 4 nitrogen and oxygen atoms in total. The van der Waals surface area contributed by atoms with Crippen LogP contribution in [0.1, 0.15) is 44.2 Å². The van der Waals surface area contributed by atoms with E-state index in [0.717, 1.165) is 29.1 Å². The quantitative estimate of drug-likeness (QED) is 0.874. The van der Waals surface area contributed by atoms with E-state index >= 15 is 0 Å². The smallest absolute Gasteiger partial charge is 0.319 e. The molecule has 1 aromatic heterocycles. The average molecular weight is 285 g/mol. The first-order chi connectivity index (χ1) is 10.1. The maximum atomic E-state index is 12.3. The van der Waals surface area contributed by atoms with Crippen molar-refractivity contribution in [3.63, 3.8) is 0 Å². The Balaban J connectivity index is 1.43. The molecule has 0 aromatic carbocycles. The zero-order chi connectivity index (χ0) is 14.4. The van der Waals surface area contributed by atoms with Gasteiger partial charge in [-0.1, -0.05) is 0 Å². The molecule has 4 saturated carbocycles. The van der Waals surface area contributed by atoms with Gasteiger partial charge in [-0.3, -0.25) is 4.98 Å². The number of hydrogen-bond donors (Lipinski definition) is 2. The van der Waals surface area contributed by atoms with Gasteiger partial charge in [0, 0.05) is 11.2 Å². The molecule has 112 valence electrons. The van der Waals surface area contributed by atoms with Crippen molar-refractivity contribution in [2.24, 2.45) is 17.8 Å². The van der Waals surface area contributed by atoms with Crippen LogP contribution in [0.2, 0.25) is 0 Å². The van der Waals surface area contributed by atoms with Gasteiger partial charge in [-0.05, 0) is 75.3 Å². The van der Waals surface area contributed by atoms with Gasteiger partial charge < -0.3 is 10.6 Å². The molecule has 0 saturated heterocycles. The fourth-order valence-electron chi connectivity index (χ4n) is 5.21. The maximum Gasteiger partial charge on any atom is 0.319 e. The number of carbonyl (C=O) groups is 1. The van der Waals surface area contributed by atoms with Gasteiger partial charge in [-0.15, -0.1) is 0 Å². The first kappa shape index (κ1) is 13.1. The minimum Gasteiger partial charge on any atom is -0.332 e. The maximum absolute atomic E-state index is 12.3. The minimum absolute atomic E-state index is 0.0664. The summed E-state index contributed by atoms with van der Waals surface area (Å²) in [6.07, 6.45) is 9.43. The predicted molar refractivity (Wildman–Crippen MR) is 82.0 cm³/mol. The van der Waals surface area contributed by atoms with Crippen LogP contribution >= 0.6 is 0 Å². The topological polar surface area (TPSA) is 54.0 Å². The van der Waals surface area contributed by atoms with Crippen molar-refractivity contribution in [3.8, 4) is 0 Å². The van der Waals surface area contributed by atoms with E-state index in [4.69, 9.17) is 0 Å². The van der Waals surface area contributed by atoms with Gasteiger partial charge in [0.1, 0.15) is 0 Å². The van der Waals surface area contributed by atoms with Crippen molar-refractivity contribution >= 4 is 11.7 Å². The summed E-state index contributed by atoms with van der Waals surface area (Å²) < 4.78 is 0. The highest BCUT2D eigenvalue weighted by Gasteiger charge is 2.51. The summed E-state index contributed by atoms with van der Waals surface area (Å²) in [5.41, 5.74) is 1.79. The van der Waals surface area contributed by atoms with Crippen LogP contribution in [0.3, 0.4) is 0 Å². The van der Waals surface area contributed by atoms with Crippen LogP contribution in [0.25, 0.3) is 0 Å². The molecule has 2 N–H and O–H groups in total. The van der Waals surface area contributed by atoms with E-state index in [-0.39, 0.29) is 11.6 Å². The van der Waals surface area contributed by atoms with Gasteiger partial charge in [0.05, 0.1) is 11.9 Å². The number of aryl methyl sites for hydroxylation is 1. The van der Waals surface area contributed by atoms with Crippen molar-refractivity contribution in [1.29, 1.82) is 0 Å². The van der Waals surface area contributed by atoms with Crippen LogP contribution in [0.5, 0.6) is 0 Å². The Morgan fingerprint density at radius 3 is 2.29 bits per heavy atom. The first-order valence-electron chi connectivity index (χ1n) is 8.12. The largest absolute Gasteiger partial charge is 0.332 e. The third kappa shape index (κ3) is 2.52. The van der Waals surface area contributed by atoms with E-state index < -0.39 is 0 Å². The summed E-state index contributed by atoms with van der Waals surface area (Å²) in [6, 6.07) is 3.75. The van der Waals surface area contributed by atoms with Gasteiger partial charge in [0.25, 0.3) is 0 Å². The third-order valence-corrected chi connectivity index (χ3v) is 5.59. The van der Waals surface area contributed by atoms with E-state index in [1.165, 1.54) is 38.5 Å². The number of pyridine rings is 1. The van der Waals surface area contributed by atoms with Crippen molar-refractivity contribution in [3.05, 3.63) is 24.0 Å². The molecule has 4 heteroatoms. The Labute approximate surface area is 125 Å². The number of nitrogens with zero attached hydrogens (tertiary/aromatic N) is 1. The highest BCUT2D eigenvalue weighted by Crippen LogP contribution is 2.55. The van der Waals surface area contributed by atoms with Crippen molar-refractivity contribution < 1.29 is 4.79 Å². The number of aromatic nitrogens is 1. The highest BCUT2D eigenvalue weighted by atomic mass is 16.2. The van der Waals surface area contributed by atoms with E-state index in [2.05, 4.69) is 15.6 Å². The fraction of sp³-hybridized carbons (Fsp3) is 0.647. The zero-order valence-corrected chi connectivity index (χ0v) is 12.6. The Hall–Kier alpha value is -1.58. The number of amides is 2. The second kappa shape index (κ2) is 4.72. The molecule has 0 spiro atoms. The molecular formula is C17H23N3O. The minimum atomic E-state index is -0.0670. The lowest BCUT2D eigenvalue weighted by Crippen LogP contribution is -2.60. The van der Waals surface area contributed by atoms with Crippen LogP contribution in [-0.2, 0) is 0 Å². The molecule has 0 unspecified atom stereocenters. The first-order valence-corrected chi connectivity index (χ1v) is 8.12. The normalized spacial score (nSPS) is 36.5. The number of hydrogen-bond acceptors (Lipinski definition) is 2. The van der Waals surface area contributed by atoms with Gasteiger partial charge in [0.2, 0.25) is 0 Å². The summed E-state index contributed by atoms with van der Waals surface area (Å²) in [7, 11) is 0. The summed E-state index contributed by atoms with van der Waals surface area (Å²) >= 11 is 0. The second-order valence-corrected chi connectivity index (χ2v) is 7.47. The van der Waals surface area contributed by atoms with E-state index in [1.54, 1.807) is 6.20 Å². The summed E-state index contributed by atoms with van der Waals surface area (Å²) in [5.74, 6) is 2.53. The molecule has 0 atom stereocenters. The van der Waals surface area contributed by atoms with Crippen LogP contribution in [-0.4, -0.2) is 16.6 Å². The lowest BCUT2D eigenvalue weighted by Gasteiger charge is -2.56. The Morgan fingerprint density at radius 2 is 1.76 bits per heavy atom. The predicted octanol–water partition coefficient (Wildman–Crippen LogP) is 3.48. The SMILES string of the molecule is Cc1ccc(NC(=O)NC23CC4CC(CC(C4)C2)C3)cn1. The molecule has 0 aliphatic heterocycles. The highest BCUT2D eigenvalue weighted by molar-refractivity contribution is 5.89. The number of anilines is 1. The molecule has 4 aliphatic rings. The molecular weight excluding hydrogens is 262 g/mol. The molecule has 4 aliphatic carbocycles. The fourth-order valence-corrected chi connectivity index (χ4v) is 5.21. The molecule has 4 fully saturated rings. The molecule has 2 amide bonds. The average Bonchev–Trinajstić information content (AvgIpc) is 2.39. The number of carbonyl (C=O) groups excluding carboxylic acids is 1. The Kier molecular flexibility index (Phi) is 2.95. The van der Waals surface area contributed by atoms with Crippen molar-refractivity contribution in [2.45, 2.75) is 51.0 Å². The lowest BCUT2D eigenvalue weighted by molar-refractivity contribution is -0.0127. The van der Waals surface area contributed by atoms with E-state index in [9.17, 15) is 4.79 Å². The number of nitrogens with one attached hydrogen (secondary N) is 2. The Bertz CT molecular complexity index is 516. The van der Waals surface area contributed by atoms with Gasteiger partial charge in [-0.2, -0.15) is 0 Å². The van der Waals surface area contributed by atoms with Gasteiger partial charge in [-0.25, -0.2) is 4.79 Å². The molecule has 5 rings (SSSR count). The molecule has 21 heavy (non-hydrogen) atoms. The zero-order valence-electron chi connectivity index (χ0n) is 12.6. The molecule has 1 heterocycles. The number of urea groups is 1. The summed E-state index contributed by atoms with van der Waals surface area (Å²) in [6.45, 7) is 1.94. The Morgan fingerprint density at radius 1 is 1.14 bits per heavy atom. The van der Waals surface area contributed by atoms with Crippen LogP contribution in [0.15, 0.2) is 18.3 Å². The van der Waals surface area contributed by atoms with Crippen LogP contribution < -0.4 is 10.6 Å². The lowest BCUT2D eigenvalue weighted by atomic mass is 9.53.